The molecule has 3 heteroatoms. The Morgan fingerprint density at radius 2 is 2.43 bits per heavy atom. The van der Waals surface area contributed by atoms with Gasteiger partial charge in [-0.1, -0.05) is 6.08 Å². The molecule has 0 aromatic carbocycles. The summed E-state index contributed by atoms with van der Waals surface area (Å²) in [6.07, 6.45) is 6.28. The fourth-order valence-corrected chi connectivity index (χ4v) is 1.74. The fourth-order valence-electron chi connectivity index (χ4n) is 1.74. The number of carbonyl (C=O) groups excluding carboxylic acids is 1. The number of methoxy groups -OCH3 is 1. The molecule has 1 atom stereocenters. The van der Waals surface area contributed by atoms with Gasteiger partial charge in [0.2, 0.25) is 0 Å². The van der Waals surface area contributed by atoms with E-state index in [1.165, 1.54) is 6.42 Å². The first-order chi connectivity index (χ1) is 6.72. The van der Waals surface area contributed by atoms with Crippen LogP contribution in [0.2, 0.25) is 0 Å². The lowest BCUT2D eigenvalue weighted by Gasteiger charge is -2.30. The van der Waals surface area contributed by atoms with Gasteiger partial charge in [0, 0.05) is 20.2 Å². The van der Waals surface area contributed by atoms with E-state index < -0.39 is 0 Å². The number of hydrogen-bond acceptors (Lipinski definition) is 3. The van der Waals surface area contributed by atoms with Gasteiger partial charge in [0.15, 0.2) is 5.78 Å². The van der Waals surface area contributed by atoms with Gasteiger partial charge in [0.05, 0.1) is 6.10 Å². The molecule has 14 heavy (non-hydrogen) atoms. The molecule has 1 aliphatic heterocycles. The van der Waals surface area contributed by atoms with Crippen LogP contribution >= 0.6 is 0 Å². The van der Waals surface area contributed by atoms with Crippen LogP contribution in [0.5, 0.6) is 0 Å². The molecule has 0 bridgehead atoms. The molecule has 0 spiro atoms. The topological polar surface area (TPSA) is 29.5 Å². The minimum absolute atomic E-state index is 0.116. The van der Waals surface area contributed by atoms with Crippen LogP contribution in [0, 0.1) is 0 Å². The molecule has 3 nitrogen and oxygen atoms in total. The summed E-state index contributed by atoms with van der Waals surface area (Å²) < 4.78 is 5.32. The normalized spacial score (nSPS) is 24.3. The van der Waals surface area contributed by atoms with E-state index in [9.17, 15) is 4.79 Å². The van der Waals surface area contributed by atoms with Crippen molar-refractivity contribution in [2.75, 3.05) is 26.7 Å². The molecule has 1 unspecified atom stereocenters. The number of ketones is 1. The largest absolute Gasteiger partial charge is 0.380 e. The van der Waals surface area contributed by atoms with Crippen LogP contribution in [-0.2, 0) is 9.53 Å². The van der Waals surface area contributed by atoms with Gasteiger partial charge in [0.25, 0.3) is 0 Å². The lowest BCUT2D eigenvalue weighted by atomic mass is 10.1. The van der Waals surface area contributed by atoms with E-state index in [1.54, 1.807) is 20.1 Å². The summed E-state index contributed by atoms with van der Waals surface area (Å²) in [6.45, 7) is 4.53. The molecule has 1 fully saturated rings. The Bertz CT molecular complexity index is 213. The number of likely N-dealkylation sites (tertiary alicyclic amines) is 1. The molecule has 0 amide bonds. The maximum absolute atomic E-state index is 10.7. The van der Waals surface area contributed by atoms with Crippen molar-refractivity contribution in [3.8, 4) is 0 Å². The Morgan fingerprint density at radius 1 is 1.64 bits per heavy atom. The molecular weight excluding hydrogens is 178 g/mol. The van der Waals surface area contributed by atoms with Gasteiger partial charge < -0.3 is 4.74 Å². The Morgan fingerprint density at radius 3 is 3.07 bits per heavy atom. The van der Waals surface area contributed by atoms with Crippen molar-refractivity contribution in [1.82, 2.24) is 4.90 Å². The SMILES string of the molecule is COC1CCCN(C/C=C/C(C)=O)C1. The highest BCUT2D eigenvalue weighted by molar-refractivity contribution is 5.87. The zero-order chi connectivity index (χ0) is 10.4. The van der Waals surface area contributed by atoms with Gasteiger partial charge in [-0.15, -0.1) is 0 Å². The molecule has 0 aromatic heterocycles. The second-order valence-electron chi connectivity index (χ2n) is 3.77. The van der Waals surface area contributed by atoms with E-state index >= 15 is 0 Å². The predicted octanol–water partition coefficient (Wildman–Crippen LogP) is 1.24. The summed E-state index contributed by atoms with van der Waals surface area (Å²) in [6, 6.07) is 0. The molecule has 1 heterocycles. The van der Waals surface area contributed by atoms with Crippen molar-refractivity contribution in [2.24, 2.45) is 0 Å². The summed E-state index contributed by atoms with van der Waals surface area (Å²) in [5.41, 5.74) is 0. The van der Waals surface area contributed by atoms with Gasteiger partial charge in [-0.2, -0.15) is 0 Å². The number of rotatable bonds is 4. The molecule has 1 saturated heterocycles. The summed E-state index contributed by atoms with van der Waals surface area (Å²) in [4.78, 5) is 13.0. The van der Waals surface area contributed by atoms with Crippen LogP contribution in [-0.4, -0.2) is 43.5 Å². The molecule has 0 saturated carbocycles. The third-order valence-corrected chi connectivity index (χ3v) is 2.51. The van der Waals surface area contributed by atoms with Gasteiger partial charge >= 0.3 is 0 Å². The summed E-state index contributed by atoms with van der Waals surface area (Å²) in [7, 11) is 1.76. The first kappa shape index (κ1) is 11.4. The van der Waals surface area contributed by atoms with Crippen LogP contribution in [0.1, 0.15) is 19.8 Å². The van der Waals surface area contributed by atoms with E-state index in [4.69, 9.17) is 4.74 Å². The number of nitrogens with zero attached hydrogens (tertiary/aromatic N) is 1. The van der Waals surface area contributed by atoms with E-state index in [-0.39, 0.29) is 5.78 Å². The lowest BCUT2D eigenvalue weighted by Crippen LogP contribution is -2.39. The number of ether oxygens (including phenoxy) is 1. The Hall–Kier alpha value is -0.670. The Kier molecular flexibility index (Phi) is 4.84. The van der Waals surface area contributed by atoms with Crippen LogP contribution in [0.15, 0.2) is 12.2 Å². The summed E-state index contributed by atoms with van der Waals surface area (Å²) in [5.74, 6) is 0.116. The van der Waals surface area contributed by atoms with Crippen LogP contribution in [0.4, 0.5) is 0 Å². The maximum atomic E-state index is 10.7. The summed E-state index contributed by atoms with van der Waals surface area (Å²) >= 11 is 0. The third kappa shape index (κ3) is 4.03. The molecule has 0 aromatic rings. The highest BCUT2D eigenvalue weighted by Crippen LogP contribution is 2.11. The van der Waals surface area contributed by atoms with Gasteiger partial charge in [0.1, 0.15) is 0 Å². The molecular formula is C11H19NO2. The lowest BCUT2D eigenvalue weighted by molar-refractivity contribution is -0.112. The standard InChI is InChI=1S/C11H19NO2/c1-10(13)5-3-7-12-8-4-6-11(9-12)14-2/h3,5,11H,4,6-9H2,1-2H3/b5-3+. The van der Waals surface area contributed by atoms with E-state index in [0.29, 0.717) is 6.10 Å². The van der Waals surface area contributed by atoms with Crippen molar-refractivity contribution in [1.29, 1.82) is 0 Å². The minimum atomic E-state index is 0.116. The average molecular weight is 197 g/mol. The van der Waals surface area contributed by atoms with E-state index in [0.717, 1.165) is 26.1 Å². The van der Waals surface area contributed by atoms with E-state index in [1.807, 2.05) is 6.08 Å². The molecule has 0 N–H and O–H groups in total. The van der Waals surface area contributed by atoms with Crippen molar-refractivity contribution in [3.63, 3.8) is 0 Å². The highest BCUT2D eigenvalue weighted by Gasteiger charge is 2.17. The second-order valence-corrected chi connectivity index (χ2v) is 3.77. The Labute approximate surface area is 85.7 Å². The molecule has 0 radical (unpaired) electrons. The molecule has 1 rings (SSSR count). The number of hydrogen-bond donors (Lipinski definition) is 0. The van der Waals surface area contributed by atoms with E-state index in [2.05, 4.69) is 4.90 Å². The molecule has 1 aliphatic rings. The first-order valence-electron chi connectivity index (χ1n) is 5.14. The second kappa shape index (κ2) is 5.94. The fraction of sp³-hybridized carbons (Fsp3) is 0.727. The summed E-state index contributed by atoms with van der Waals surface area (Å²) in [5, 5.41) is 0. The van der Waals surface area contributed by atoms with Crippen molar-refractivity contribution < 1.29 is 9.53 Å². The highest BCUT2D eigenvalue weighted by atomic mass is 16.5. The number of piperidine rings is 1. The van der Waals surface area contributed by atoms with Gasteiger partial charge in [-0.25, -0.2) is 0 Å². The maximum Gasteiger partial charge on any atom is 0.152 e. The van der Waals surface area contributed by atoms with Gasteiger partial charge in [-0.3, -0.25) is 9.69 Å². The molecule has 0 aliphatic carbocycles. The van der Waals surface area contributed by atoms with Crippen molar-refractivity contribution in [2.45, 2.75) is 25.9 Å². The molecule has 80 valence electrons. The predicted molar refractivity (Wildman–Crippen MR) is 56.3 cm³/mol. The minimum Gasteiger partial charge on any atom is -0.380 e. The van der Waals surface area contributed by atoms with Crippen molar-refractivity contribution >= 4 is 5.78 Å². The van der Waals surface area contributed by atoms with Crippen LogP contribution in [0.3, 0.4) is 0 Å². The zero-order valence-corrected chi connectivity index (χ0v) is 9.03. The zero-order valence-electron chi connectivity index (χ0n) is 9.03. The number of allylic oxidation sites excluding steroid dienone is 1. The Balaban J connectivity index is 2.27. The smallest absolute Gasteiger partial charge is 0.152 e. The van der Waals surface area contributed by atoms with Gasteiger partial charge in [-0.05, 0) is 32.4 Å². The quantitative estimate of drug-likeness (QED) is 0.635. The van der Waals surface area contributed by atoms with Crippen LogP contribution in [0.25, 0.3) is 0 Å². The number of carbonyl (C=O) groups is 1. The third-order valence-electron chi connectivity index (χ3n) is 2.51. The average Bonchev–Trinajstić information content (AvgIpc) is 2.18. The van der Waals surface area contributed by atoms with Crippen LogP contribution < -0.4 is 0 Å². The van der Waals surface area contributed by atoms with Crippen molar-refractivity contribution in [3.05, 3.63) is 12.2 Å². The first-order valence-corrected chi connectivity index (χ1v) is 5.14. The monoisotopic (exact) mass is 197 g/mol.